The van der Waals surface area contributed by atoms with E-state index in [-0.39, 0.29) is 11.8 Å². The molecule has 2 aliphatic heterocycles. The molecule has 0 N–H and O–H groups in total. The number of rotatable bonds is 3. The highest BCUT2D eigenvalue weighted by Gasteiger charge is 2.31. The number of amides is 1. The van der Waals surface area contributed by atoms with E-state index < -0.39 is 0 Å². The summed E-state index contributed by atoms with van der Waals surface area (Å²) in [6, 6.07) is 1.98. The van der Waals surface area contributed by atoms with Crippen molar-refractivity contribution in [2.45, 2.75) is 46.2 Å². The topological polar surface area (TPSA) is 80.3 Å². The molecule has 0 saturated carbocycles. The smallest absolute Gasteiger partial charge is 0.227 e. The average Bonchev–Trinajstić information content (AvgIpc) is 3.13. The number of aromatic nitrogens is 4. The van der Waals surface area contributed by atoms with Crippen molar-refractivity contribution in [3.8, 4) is 0 Å². The number of nitrogens with zero attached hydrogens (tertiary/aromatic N) is 6. The lowest BCUT2D eigenvalue weighted by Gasteiger charge is -2.29. The number of hydrogen-bond donors (Lipinski definition) is 0. The van der Waals surface area contributed by atoms with Crippen molar-refractivity contribution in [3.63, 3.8) is 0 Å². The maximum absolute atomic E-state index is 13.0. The standard InChI is InChI=1S/C18H26N6O2/c1-13-10-16(21-26-13)12-22-6-3-7-23(9-8-22)18(25)15-4-5-17-20-19-14(2)24(17)11-15/h10,15H,3-9,11-12H2,1-2H3. The van der Waals surface area contributed by atoms with Crippen LogP contribution >= 0.6 is 0 Å². The largest absolute Gasteiger partial charge is 0.361 e. The first-order valence-corrected chi connectivity index (χ1v) is 9.42. The van der Waals surface area contributed by atoms with Gasteiger partial charge in [-0.15, -0.1) is 10.2 Å². The Bertz CT molecular complexity index is 782. The predicted molar refractivity (Wildman–Crippen MR) is 94.3 cm³/mol. The highest BCUT2D eigenvalue weighted by atomic mass is 16.5. The molecule has 1 atom stereocenters. The molecule has 1 unspecified atom stereocenters. The van der Waals surface area contributed by atoms with Gasteiger partial charge in [-0.05, 0) is 26.7 Å². The summed E-state index contributed by atoms with van der Waals surface area (Å²) in [6.45, 7) is 8.83. The van der Waals surface area contributed by atoms with E-state index in [2.05, 4.69) is 24.8 Å². The lowest BCUT2D eigenvalue weighted by molar-refractivity contribution is -0.136. The first kappa shape index (κ1) is 17.2. The number of carbonyl (C=O) groups is 1. The fourth-order valence-electron chi connectivity index (χ4n) is 3.99. The molecule has 1 fully saturated rings. The van der Waals surface area contributed by atoms with E-state index in [1.807, 2.05) is 24.8 Å². The summed E-state index contributed by atoms with van der Waals surface area (Å²) in [5.74, 6) is 3.08. The SMILES string of the molecule is Cc1cc(CN2CCCN(C(=O)C3CCc4nnc(C)n4C3)CC2)no1. The van der Waals surface area contributed by atoms with Crippen LogP contribution in [0.5, 0.6) is 0 Å². The Morgan fingerprint density at radius 3 is 2.92 bits per heavy atom. The minimum Gasteiger partial charge on any atom is -0.361 e. The van der Waals surface area contributed by atoms with Crippen molar-refractivity contribution in [2.75, 3.05) is 26.2 Å². The number of aryl methyl sites for hydroxylation is 3. The molecular formula is C18H26N6O2. The first-order chi connectivity index (χ1) is 12.6. The van der Waals surface area contributed by atoms with Crippen LogP contribution in [0.1, 0.15) is 35.9 Å². The molecule has 2 aromatic heterocycles. The molecule has 8 heteroatoms. The van der Waals surface area contributed by atoms with Gasteiger partial charge in [0.05, 0.1) is 11.6 Å². The van der Waals surface area contributed by atoms with Crippen molar-refractivity contribution in [1.82, 2.24) is 29.7 Å². The van der Waals surface area contributed by atoms with Crippen molar-refractivity contribution in [1.29, 1.82) is 0 Å². The van der Waals surface area contributed by atoms with Crippen molar-refractivity contribution in [3.05, 3.63) is 29.2 Å². The van der Waals surface area contributed by atoms with E-state index in [0.717, 1.165) is 75.1 Å². The van der Waals surface area contributed by atoms with Gasteiger partial charge in [0.15, 0.2) is 0 Å². The molecule has 0 bridgehead atoms. The normalized spacial score (nSPS) is 21.5. The first-order valence-electron chi connectivity index (χ1n) is 9.42. The molecule has 26 heavy (non-hydrogen) atoms. The molecule has 0 aromatic carbocycles. The molecule has 8 nitrogen and oxygen atoms in total. The molecular weight excluding hydrogens is 332 g/mol. The van der Waals surface area contributed by atoms with Gasteiger partial charge in [0, 0.05) is 51.8 Å². The minimum absolute atomic E-state index is 0.0435. The van der Waals surface area contributed by atoms with Crippen LogP contribution in [0.4, 0.5) is 0 Å². The highest BCUT2D eigenvalue weighted by molar-refractivity contribution is 5.79. The molecule has 1 saturated heterocycles. The maximum Gasteiger partial charge on any atom is 0.227 e. The molecule has 0 spiro atoms. The maximum atomic E-state index is 13.0. The van der Waals surface area contributed by atoms with Gasteiger partial charge in [-0.3, -0.25) is 9.69 Å². The van der Waals surface area contributed by atoms with E-state index in [9.17, 15) is 4.79 Å². The Morgan fingerprint density at radius 2 is 2.12 bits per heavy atom. The Balaban J connectivity index is 1.35. The van der Waals surface area contributed by atoms with E-state index in [1.165, 1.54) is 0 Å². The molecule has 4 heterocycles. The summed E-state index contributed by atoms with van der Waals surface area (Å²) in [6.07, 6.45) is 2.70. The van der Waals surface area contributed by atoms with E-state index >= 15 is 0 Å². The van der Waals surface area contributed by atoms with Crippen LogP contribution < -0.4 is 0 Å². The summed E-state index contributed by atoms with van der Waals surface area (Å²) in [5.41, 5.74) is 0.963. The lowest BCUT2D eigenvalue weighted by atomic mass is 9.97. The van der Waals surface area contributed by atoms with Crippen molar-refractivity contribution < 1.29 is 9.32 Å². The van der Waals surface area contributed by atoms with E-state index in [0.29, 0.717) is 6.54 Å². The van der Waals surface area contributed by atoms with Crippen LogP contribution in [0, 0.1) is 19.8 Å². The summed E-state index contributed by atoms with van der Waals surface area (Å²) in [5, 5.41) is 12.4. The summed E-state index contributed by atoms with van der Waals surface area (Å²) < 4.78 is 7.25. The Hall–Kier alpha value is -2.22. The van der Waals surface area contributed by atoms with Gasteiger partial charge in [0.2, 0.25) is 5.91 Å². The van der Waals surface area contributed by atoms with Gasteiger partial charge in [-0.2, -0.15) is 0 Å². The van der Waals surface area contributed by atoms with Gasteiger partial charge in [-0.25, -0.2) is 0 Å². The fraction of sp³-hybridized carbons (Fsp3) is 0.667. The summed E-state index contributed by atoms with van der Waals surface area (Å²) in [4.78, 5) is 17.4. The van der Waals surface area contributed by atoms with Gasteiger partial charge in [-0.1, -0.05) is 5.16 Å². The zero-order valence-electron chi connectivity index (χ0n) is 15.5. The third-order valence-electron chi connectivity index (χ3n) is 5.44. The number of hydrogen-bond acceptors (Lipinski definition) is 6. The van der Waals surface area contributed by atoms with Crippen LogP contribution in [-0.4, -0.2) is 61.8 Å². The molecule has 0 radical (unpaired) electrons. The van der Waals surface area contributed by atoms with Crippen LogP contribution in [0.2, 0.25) is 0 Å². The van der Waals surface area contributed by atoms with Crippen LogP contribution in [0.15, 0.2) is 10.6 Å². The second kappa shape index (κ2) is 7.19. The van der Waals surface area contributed by atoms with Crippen LogP contribution in [0.25, 0.3) is 0 Å². The average molecular weight is 358 g/mol. The van der Waals surface area contributed by atoms with Gasteiger partial charge < -0.3 is 14.0 Å². The Labute approximate surface area is 153 Å². The number of carbonyl (C=O) groups excluding carboxylic acids is 1. The Morgan fingerprint density at radius 1 is 1.23 bits per heavy atom. The molecule has 1 amide bonds. The minimum atomic E-state index is 0.0435. The van der Waals surface area contributed by atoms with Gasteiger partial charge >= 0.3 is 0 Å². The third kappa shape index (κ3) is 3.51. The van der Waals surface area contributed by atoms with Crippen molar-refractivity contribution >= 4 is 5.91 Å². The lowest BCUT2D eigenvalue weighted by Crippen LogP contribution is -2.41. The summed E-state index contributed by atoms with van der Waals surface area (Å²) >= 11 is 0. The quantitative estimate of drug-likeness (QED) is 0.820. The van der Waals surface area contributed by atoms with Crippen molar-refractivity contribution in [2.24, 2.45) is 5.92 Å². The summed E-state index contributed by atoms with van der Waals surface area (Å²) in [7, 11) is 0. The molecule has 2 aliphatic rings. The third-order valence-corrected chi connectivity index (χ3v) is 5.44. The number of fused-ring (bicyclic) bond motifs is 1. The van der Waals surface area contributed by atoms with Crippen LogP contribution in [-0.2, 0) is 24.3 Å². The van der Waals surface area contributed by atoms with Gasteiger partial charge in [0.25, 0.3) is 0 Å². The van der Waals surface area contributed by atoms with Crippen LogP contribution in [0.3, 0.4) is 0 Å². The molecule has 0 aliphatic carbocycles. The monoisotopic (exact) mass is 358 g/mol. The second-order valence-corrected chi connectivity index (χ2v) is 7.39. The molecule has 140 valence electrons. The predicted octanol–water partition coefficient (Wildman–Crippen LogP) is 1.18. The van der Waals surface area contributed by atoms with E-state index in [4.69, 9.17) is 4.52 Å². The molecule has 2 aromatic rings. The Kier molecular flexibility index (Phi) is 4.76. The second-order valence-electron chi connectivity index (χ2n) is 7.39. The molecule has 4 rings (SSSR count). The zero-order valence-corrected chi connectivity index (χ0v) is 15.5. The zero-order chi connectivity index (χ0) is 18.1. The van der Waals surface area contributed by atoms with E-state index in [1.54, 1.807) is 0 Å². The fourth-order valence-corrected chi connectivity index (χ4v) is 3.99. The highest BCUT2D eigenvalue weighted by Crippen LogP contribution is 2.22. The van der Waals surface area contributed by atoms with Gasteiger partial charge in [0.1, 0.15) is 17.4 Å².